The molecule has 1 heteroatoms. The van der Waals surface area contributed by atoms with Crippen molar-refractivity contribution in [2.45, 2.75) is 72.3 Å². The minimum atomic E-state index is -0.303. The van der Waals surface area contributed by atoms with Gasteiger partial charge in [-0.2, -0.15) is 0 Å². The third-order valence-electron chi connectivity index (χ3n) is 2.33. The molecular weight excluding hydrogens is 160 g/mol. The molecule has 0 bridgehead atoms. The second-order valence-electron chi connectivity index (χ2n) is 5.22. The maximum atomic E-state index is 11.4. The highest BCUT2D eigenvalue weighted by molar-refractivity contribution is 4.63. The van der Waals surface area contributed by atoms with Gasteiger partial charge >= 0.3 is 0 Å². The molecule has 0 saturated carbocycles. The van der Waals surface area contributed by atoms with Gasteiger partial charge in [0.05, 0.1) is 6.10 Å². The Morgan fingerprint density at radius 3 is 2.08 bits per heavy atom. The molecule has 0 rings (SSSR count). The summed E-state index contributed by atoms with van der Waals surface area (Å²) < 4.78 is 0. The molecule has 0 aromatic rings. The highest BCUT2D eigenvalue weighted by Gasteiger charge is 2.11. The van der Waals surface area contributed by atoms with Gasteiger partial charge in [0.25, 0.3) is 0 Å². The van der Waals surface area contributed by atoms with Crippen LogP contribution in [0.3, 0.4) is 0 Å². The van der Waals surface area contributed by atoms with Crippen molar-refractivity contribution in [1.82, 2.24) is 0 Å². The summed E-state index contributed by atoms with van der Waals surface area (Å²) in [6.45, 7) is 8.85. The normalized spacial score (nSPS) is 14.5. The van der Waals surface area contributed by atoms with Crippen LogP contribution in [0, 0.1) is 5.41 Å². The van der Waals surface area contributed by atoms with Crippen molar-refractivity contribution in [1.29, 1.82) is 0 Å². The number of hydrogen-bond acceptors (Lipinski definition) is 0. The van der Waals surface area contributed by atoms with Crippen LogP contribution in [0.1, 0.15) is 66.2 Å². The van der Waals surface area contributed by atoms with E-state index in [1.54, 1.807) is 0 Å². The summed E-state index contributed by atoms with van der Waals surface area (Å²) in [5.74, 6) is 0. The molecule has 0 N–H and O–H groups in total. The quantitative estimate of drug-likeness (QED) is 0.591. The number of unbranched alkanes of at least 4 members (excludes halogenated alkanes) is 1. The average molecular weight is 185 g/mol. The van der Waals surface area contributed by atoms with Gasteiger partial charge in [0.2, 0.25) is 0 Å². The zero-order valence-electron chi connectivity index (χ0n) is 9.73. The van der Waals surface area contributed by atoms with Crippen molar-refractivity contribution in [3.63, 3.8) is 0 Å². The summed E-state index contributed by atoms with van der Waals surface area (Å²) >= 11 is 0. The Labute approximate surface area is 83.5 Å². The standard InChI is InChI=1S/C12H25O/c1-5-6-8-11(13)9-7-10-12(2,3)4/h11H,5-10H2,1-4H3. The van der Waals surface area contributed by atoms with Crippen LogP contribution >= 0.6 is 0 Å². The van der Waals surface area contributed by atoms with E-state index in [1.807, 2.05) is 0 Å². The van der Waals surface area contributed by atoms with Gasteiger partial charge in [-0.25, -0.2) is 5.11 Å². The van der Waals surface area contributed by atoms with E-state index < -0.39 is 0 Å². The Bertz CT molecular complexity index is 113. The Balaban J connectivity index is 3.31. The number of hydrogen-bond donors (Lipinski definition) is 0. The molecule has 0 aromatic heterocycles. The first-order chi connectivity index (χ1) is 5.95. The molecule has 0 spiro atoms. The Morgan fingerprint density at radius 2 is 1.62 bits per heavy atom. The predicted octanol–water partition coefficient (Wildman–Crippen LogP) is 4.19. The van der Waals surface area contributed by atoms with Gasteiger partial charge in [-0.05, 0) is 24.7 Å². The molecule has 13 heavy (non-hydrogen) atoms. The first kappa shape index (κ1) is 13.0. The molecule has 79 valence electrons. The van der Waals surface area contributed by atoms with Crippen molar-refractivity contribution in [3.05, 3.63) is 0 Å². The summed E-state index contributed by atoms with van der Waals surface area (Å²) in [6.07, 6.45) is 5.97. The van der Waals surface area contributed by atoms with Crippen molar-refractivity contribution in [2.24, 2.45) is 5.41 Å². The summed E-state index contributed by atoms with van der Waals surface area (Å²) in [5, 5.41) is 11.4. The second kappa shape index (κ2) is 6.42. The third kappa shape index (κ3) is 9.88. The average Bonchev–Trinajstić information content (AvgIpc) is 1.98. The van der Waals surface area contributed by atoms with Crippen LogP contribution in [0.4, 0.5) is 0 Å². The van der Waals surface area contributed by atoms with E-state index in [1.165, 1.54) is 6.42 Å². The zero-order valence-corrected chi connectivity index (χ0v) is 9.73. The summed E-state index contributed by atoms with van der Waals surface area (Å²) in [7, 11) is 0. The first-order valence-corrected chi connectivity index (χ1v) is 5.61. The largest absolute Gasteiger partial charge is 0.233 e. The fourth-order valence-electron chi connectivity index (χ4n) is 1.44. The van der Waals surface area contributed by atoms with Gasteiger partial charge in [-0.3, -0.25) is 0 Å². The van der Waals surface area contributed by atoms with Gasteiger partial charge in [0.1, 0.15) is 0 Å². The van der Waals surface area contributed by atoms with Gasteiger partial charge < -0.3 is 0 Å². The van der Waals surface area contributed by atoms with Crippen molar-refractivity contribution >= 4 is 0 Å². The van der Waals surface area contributed by atoms with E-state index in [0.717, 1.165) is 32.1 Å². The fourth-order valence-corrected chi connectivity index (χ4v) is 1.44. The SMILES string of the molecule is CCCCC([O])CCCC(C)(C)C. The van der Waals surface area contributed by atoms with Crippen LogP contribution in [0.2, 0.25) is 0 Å². The van der Waals surface area contributed by atoms with Crippen LogP contribution in [-0.4, -0.2) is 6.10 Å². The fraction of sp³-hybridized carbons (Fsp3) is 1.00. The molecule has 1 nitrogen and oxygen atoms in total. The lowest BCUT2D eigenvalue weighted by molar-refractivity contribution is 0.0671. The maximum Gasteiger partial charge on any atom is 0.0930 e. The van der Waals surface area contributed by atoms with Crippen LogP contribution in [0.5, 0.6) is 0 Å². The van der Waals surface area contributed by atoms with E-state index in [-0.39, 0.29) is 6.10 Å². The molecule has 1 atom stereocenters. The minimum Gasteiger partial charge on any atom is -0.233 e. The molecule has 0 aliphatic carbocycles. The van der Waals surface area contributed by atoms with Crippen LogP contribution in [0.25, 0.3) is 0 Å². The summed E-state index contributed by atoms with van der Waals surface area (Å²) in [5.41, 5.74) is 0.393. The van der Waals surface area contributed by atoms with Crippen LogP contribution < -0.4 is 0 Å². The van der Waals surface area contributed by atoms with Crippen molar-refractivity contribution in [2.75, 3.05) is 0 Å². The Hall–Kier alpha value is -0.0400. The van der Waals surface area contributed by atoms with E-state index in [0.29, 0.717) is 5.41 Å². The lowest BCUT2D eigenvalue weighted by Crippen LogP contribution is -2.08. The lowest BCUT2D eigenvalue weighted by Gasteiger charge is -2.18. The van der Waals surface area contributed by atoms with Gasteiger partial charge in [0.15, 0.2) is 0 Å². The van der Waals surface area contributed by atoms with E-state index in [2.05, 4.69) is 27.7 Å². The highest BCUT2D eigenvalue weighted by atomic mass is 16.3. The molecular formula is C12H25O. The molecule has 0 fully saturated rings. The van der Waals surface area contributed by atoms with Crippen molar-refractivity contribution < 1.29 is 5.11 Å². The summed E-state index contributed by atoms with van der Waals surface area (Å²) in [4.78, 5) is 0. The molecule has 0 amide bonds. The minimum absolute atomic E-state index is 0.303. The Kier molecular flexibility index (Phi) is 6.40. The smallest absolute Gasteiger partial charge is 0.0930 e. The first-order valence-electron chi connectivity index (χ1n) is 5.61. The highest BCUT2D eigenvalue weighted by Crippen LogP contribution is 2.22. The molecule has 0 aliphatic rings. The third-order valence-corrected chi connectivity index (χ3v) is 2.33. The van der Waals surface area contributed by atoms with E-state index in [9.17, 15) is 5.11 Å². The topological polar surface area (TPSA) is 19.9 Å². The molecule has 0 heterocycles. The monoisotopic (exact) mass is 185 g/mol. The number of rotatable bonds is 6. The lowest BCUT2D eigenvalue weighted by atomic mass is 9.89. The van der Waals surface area contributed by atoms with Gasteiger partial charge in [0, 0.05) is 0 Å². The van der Waals surface area contributed by atoms with E-state index in [4.69, 9.17) is 0 Å². The molecule has 0 aliphatic heterocycles. The maximum absolute atomic E-state index is 11.4. The summed E-state index contributed by atoms with van der Waals surface area (Å²) in [6, 6.07) is 0. The Morgan fingerprint density at radius 1 is 1.08 bits per heavy atom. The second-order valence-corrected chi connectivity index (χ2v) is 5.22. The molecule has 0 aromatic carbocycles. The van der Waals surface area contributed by atoms with Crippen LogP contribution in [0.15, 0.2) is 0 Å². The van der Waals surface area contributed by atoms with Crippen LogP contribution in [-0.2, 0) is 5.11 Å². The van der Waals surface area contributed by atoms with Crippen molar-refractivity contribution in [3.8, 4) is 0 Å². The van der Waals surface area contributed by atoms with Gasteiger partial charge in [-0.1, -0.05) is 47.0 Å². The molecule has 0 saturated heterocycles. The van der Waals surface area contributed by atoms with E-state index >= 15 is 0 Å². The predicted molar refractivity (Wildman–Crippen MR) is 57.3 cm³/mol. The molecule has 1 radical (unpaired) electrons. The molecule has 1 unspecified atom stereocenters. The zero-order chi connectivity index (χ0) is 10.3. The van der Waals surface area contributed by atoms with Gasteiger partial charge in [-0.15, -0.1) is 0 Å².